The molecule has 0 radical (unpaired) electrons. The van der Waals surface area contributed by atoms with Gasteiger partial charge >= 0.3 is 0 Å². The van der Waals surface area contributed by atoms with Crippen LogP contribution in [0.25, 0.3) is 0 Å². The molecule has 1 saturated heterocycles. The molecule has 0 aliphatic carbocycles. The maximum absolute atomic E-state index is 12.0. The highest BCUT2D eigenvalue weighted by atomic mass is 35.5. The van der Waals surface area contributed by atoms with Gasteiger partial charge in [0.1, 0.15) is 18.0 Å². The molecular formula is C14H18ClNO3. The van der Waals surface area contributed by atoms with E-state index in [2.05, 4.69) is 0 Å². The van der Waals surface area contributed by atoms with Crippen molar-refractivity contribution in [3.05, 3.63) is 29.3 Å². The Labute approximate surface area is 118 Å². The number of halogens is 1. The van der Waals surface area contributed by atoms with E-state index in [4.69, 9.17) is 21.1 Å². The van der Waals surface area contributed by atoms with Crippen LogP contribution in [0.5, 0.6) is 5.75 Å². The number of benzene rings is 1. The molecule has 1 amide bonds. The van der Waals surface area contributed by atoms with Crippen LogP contribution in [-0.4, -0.2) is 43.2 Å². The van der Waals surface area contributed by atoms with Gasteiger partial charge in [-0.1, -0.05) is 24.6 Å². The molecule has 4 nitrogen and oxygen atoms in total. The maximum atomic E-state index is 12.0. The third-order valence-electron chi connectivity index (χ3n) is 3.19. The molecule has 19 heavy (non-hydrogen) atoms. The Kier molecular flexibility index (Phi) is 4.66. The summed E-state index contributed by atoms with van der Waals surface area (Å²) in [6.45, 7) is 3.14. The lowest BCUT2D eigenvalue weighted by Gasteiger charge is -2.40. The molecule has 0 saturated carbocycles. The summed E-state index contributed by atoms with van der Waals surface area (Å²) in [5, 5.41) is 0.648. The summed E-state index contributed by atoms with van der Waals surface area (Å²) in [5.74, 6) is 0.777. The molecule has 0 aromatic heterocycles. The second kappa shape index (κ2) is 6.26. The number of rotatable bonds is 5. The second-order valence-corrected chi connectivity index (χ2v) is 5.01. The summed E-state index contributed by atoms with van der Waals surface area (Å²) < 4.78 is 10.9. The summed E-state index contributed by atoms with van der Waals surface area (Å²) in [7, 11) is 1.56. The largest absolute Gasteiger partial charge is 0.487 e. The minimum Gasteiger partial charge on any atom is -0.487 e. The summed E-state index contributed by atoms with van der Waals surface area (Å²) >= 11 is 5.89. The SMILES string of the molecule is CC[C@H](OC)C(=O)N1CC(Oc2cccc(Cl)c2)C1. The molecule has 0 unspecified atom stereocenters. The Morgan fingerprint density at radius 1 is 1.53 bits per heavy atom. The molecule has 1 heterocycles. The minimum absolute atomic E-state index is 0.0379. The molecule has 0 spiro atoms. The average molecular weight is 284 g/mol. The van der Waals surface area contributed by atoms with E-state index in [9.17, 15) is 4.79 Å². The number of carbonyl (C=O) groups excluding carboxylic acids is 1. The fraction of sp³-hybridized carbons (Fsp3) is 0.500. The van der Waals surface area contributed by atoms with E-state index < -0.39 is 0 Å². The van der Waals surface area contributed by atoms with E-state index in [-0.39, 0.29) is 18.1 Å². The molecule has 1 aliphatic heterocycles. The molecule has 0 N–H and O–H groups in total. The first kappa shape index (κ1) is 14.2. The lowest BCUT2D eigenvalue weighted by Crippen LogP contribution is -2.58. The van der Waals surface area contributed by atoms with Gasteiger partial charge in [0.15, 0.2) is 0 Å². The van der Waals surface area contributed by atoms with Crippen LogP contribution in [0.4, 0.5) is 0 Å². The molecule has 1 aromatic carbocycles. The van der Waals surface area contributed by atoms with Crippen LogP contribution in [0.2, 0.25) is 5.02 Å². The molecule has 1 fully saturated rings. The molecule has 1 atom stereocenters. The molecular weight excluding hydrogens is 266 g/mol. The molecule has 104 valence electrons. The van der Waals surface area contributed by atoms with Crippen LogP contribution in [0.1, 0.15) is 13.3 Å². The maximum Gasteiger partial charge on any atom is 0.251 e. The van der Waals surface area contributed by atoms with Crippen molar-refractivity contribution in [2.75, 3.05) is 20.2 Å². The minimum atomic E-state index is -0.341. The van der Waals surface area contributed by atoms with Crippen molar-refractivity contribution in [1.29, 1.82) is 0 Å². The van der Waals surface area contributed by atoms with Crippen molar-refractivity contribution in [2.45, 2.75) is 25.6 Å². The van der Waals surface area contributed by atoms with Gasteiger partial charge in [0.2, 0.25) is 0 Å². The topological polar surface area (TPSA) is 38.8 Å². The van der Waals surface area contributed by atoms with Crippen molar-refractivity contribution in [3.8, 4) is 5.75 Å². The number of amides is 1. The number of hydrogen-bond acceptors (Lipinski definition) is 3. The van der Waals surface area contributed by atoms with Gasteiger partial charge in [-0.2, -0.15) is 0 Å². The summed E-state index contributed by atoms with van der Waals surface area (Å²) in [6.07, 6.45) is 0.384. The Balaban J connectivity index is 1.82. The molecule has 2 rings (SSSR count). The summed E-state index contributed by atoms with van der Waals surface area (Å²) in [6, 6.07) is 7.28. The highest BCUT2D eigenvalue weighted by Crippen LogP contribution is 2.22. The van der Waals surface area contributed by atoms with E-state index in [1.807, 2.05) is 19.1 Å². The molecule has 1 aromatic rings. The van der Waals surface area contributed by atoms with Crippen LogP contribution < -0.4 is 4.74 Å². The number of nitrogens with zero attached hydrogens (tertiary/aromatic N) is 1. The van der Waals surface area contributed by atoms with Gasteiger partial charge in [-0.3, -0.25) is 4.79 Å². The number of likely N-dealkylation sites (tertiary alicyclic amines) is 1. The van der Waals surface area contributed by atoms with E-state index >= 15 is 0 Å². The van der Waals surface area contributed by atoms with Gasteiger partial charge in [-0.05, 0) is 24.6 Å². The third-order valence-corrected chi connectivity index (χ3v) is 3.42. The van der Waals surface area contributed by atoms with Gasteiger partial charge in [-0.25, -0.2) is 0 Å². The number of methoxy groups -OCH3 is 1. The van der Waals surface area contributed by atoms with Crippen molar-refractivity contribution < 1.29 is 14.3 Å². The monoisotopic (exact) mass is 283 g/mol. The van der Waals surface area contributed by atoms with Gasteiger partial charge in [0.25, 0.3) is 5.91 Å². The second-order valence-electron chi connectivity index (χ2n) is 4.57. The normalized spacial score (nSPS) is 16.9. The first-order valence-electron chi connectivity index (χ1n) is 6.37. The molecule has 0 bridgehead atoms. The third kappa shape index (κ3) is 3.39. The smallest absolute Gasteiger partial charge is 0.251 e. The first-order chi connectivity index (χ1) is 9.13. The lowest BCUT2D eigenvalue weighted by molar-refractivity contribution is -0.151. The van der Waals surface area contributed by atoms with E-state index in [0.717, 1.165) is 5.75 Å². The highest BCUT2D eigenvalue weighted by Gasteiger charge is 2.35. The molecule has 1 aliphatic rings. The zero-order chi connectivity index (χ0) is 13.8. The predicted molar refractivity (Wildman–Crippen MR) is 73.5 cm³/mol. The number of ether oxygens (including phenoxy) is 2. The Hall–Kier alpha value is -1.26. The van der Waals surface area contributed by atoms with Gasteiger partial charge in [0.05, 0.1) is 13.1 Å². The quantitative estimate of drug-likeness (QED) is 0.833. The van der Waals surface area contributed by atoms with Crippen LogP contribution >= 0.6 is 11.6 Å². The van der Waals surface area contributed by atoms with Crippen LogP contribution in [0.15, 0.2) is 24.3 Å². The standard InChI is InChI=1S/C14H18ClNO3/c1-3-13(18-2)14(17)16-8-12(9-16)19-11-6-4-5-10(15)7-11/h4-7,12-13H,3,8-9H2,1-2H3/t13-/m0/s1. The van der Waals surface area contributed by atoms with Gasteiger partial charge in [-0.15, -0.1) is 0 Å². The predicted octanol–water partition coefficient (Wildman–Crippen LogP) is 2.35. The summed E-state index contributed by atoms with van der Waals surface area (Å²) in [4.78, 5) is 13.7. The van der Waals surface area contributed by atoms with E-state index in [1.165, 1.54) is 0 Å². The summed E-state index contributed by atoms with van der Waals surface area (Å²) in [5.41, 5.74) is 0. The Morgan fingerprint density at radius 2 is 2.26 bits per heavy atom. The fourth-order valence-electron chi connectivity index (χ4n) is 2.07. The van der Waals surface area contributed by atoms with E-state index in [0.29, 0.717) is 24.5 Å². The van der Waals surface area contributed by atoms with Crippen molar-refractivity contribution in [2.24, 2.45) is 0 Å². The van der Waals surface area contributed by atoms with E-state index in [1.54, 1.807) is 24.1 Å². The zero-order valence-electron chi connectivity index (χ0n) is 11.1. The van der Waals surface area contributed by atoms with Gasteiger partial charge < -0.3 is 14.4 Å². The Morgan fingerprint density at radius 3 is 2.84 bits per heavy atom. The Bertz CT molecular complexity index is 442. The average Bonchev–Trinajstić information content (AvgIpc) is 2.34. The zero-order valence-corrected chi connectivity index (χ0v) is 11.9. The highest BCUT2D eigenvalue weighted by molar-refractivity contribution is 6.30. The number of carbonyl (C=O) groups is 1. The lowest BCUT2D eigenvalue weighted by atomic mass is 10.1. The van der Waals surface area contributed by atoms with Crippen molar-refractivity contribution in [1.82, 2.24) is 4.90 Å². The first-order valence-corrected chi connectivity index (χ1v) is 6.75. The molecule has 5 heteroatoms. The fourth-order valence-corrected chi connectivity index (χ4v) is 2.25. The number of hydrogen-bond donors (Lipinski definition) is 0. The van der Waals surface area contributed by atoms with Crippen LogP contribution in [-0.2, 0) is 9.53 Å². The van der Waals surface area contributed by atoms with Gasteiger partial charge in [0, 0.05) is 12.1 Å². The van der Waals surface area contributed by atoms with Crippen molar-refractivity contribution >= 4 is 17.5 Å². The van der Waals surface area contributed by atoms with Crippen LogP contribution in [0, 0.1) is 0 Å². The van der Waals surface area contributed by atoms with Crippen LogP contribution in [0.3, 0.4) is 0 Å². The van der Waals surface area contributed by atoms with Crippen molar-refractivity contribution in [3.63, 3.8) is 0 Å².